The van der Waals surface area contributed by atoms with E-state index >= 15 is 0 Å². The minimum Gasteiger partial charge on any atom is -0.309 e. The topological polar surface area (TPSA) is 35.6 Å². The van der Waals surface area contributed by atoms with Gasteiger partial charge in [0.15, 0.2) is 5.82 Å². The van der Waals surface area contributed by atoms with Crippen LogP contribution in [0.4, 0.5) is 0 Å². The lowest BCUT2D eigenvalue weighted by atomic mass is 10.0. The molecule has 11 aromatic carbocycles. The Kier molecular flexibility index (Phi) is 7.63. The van der Waals surface area contributed by atoms with Gasteiger partial charge in [-0.15, -0.1) is 11.3 Å². The standard InChI is InChI=1S/C62H36N4S/c1-3-16-39-34-56-51(32-37(39)14-1)44-18-6-9-27-54(44)65(56)41-30-31-45-52-33-38-15-2-4-17-40(38)35-57(52)66(58(45)36-41)55-28-13-21-42-43(55)22-11-24-48(42)62-63-53-26-8-5-20-49(53)60(64-62)50-25-12-23-47-46-19-7-10-29-59(46)67-61(47)50/h1-36H. The van der Waals surface area contributed by atoms with Gasteiger partial charge in [-0.25, -0.2) is 9.97 Å². The summed E-state index contributed by atoms with van der Waals surface area (Å²) in [5, 5.41) is 15.6. The summed E-state index contributed by atoms with van der Waals surface area (Å²) in [6, 6.07) is 79.7. The van der Waals surface area contributed by atoms with Crippen LogP contribution >= 0.6 is 11.3 Å². The summed E-state index contributed by atoms with van der Waals surface area (Å²) in [7, 11) is 0. The van der Waals surface area contributed by atoms with Crippen molar-refractivity contribution in [2.75, 3.05) is 0 Å². The van der Waals surface area contributed by atoms with Gasteiger partial charge in [0.2, 0.25) is 0 Å². The molecule has 0 saturated carbocycles. The van der Waals surface area contributed by atoms with Gasteiger partial charge in [-0.1, -0.05) is 158 Å². The summed E-state index contributed by atoms with van der Waals surface area (Å²) < 4.78 is 7.46. The zero-order chi connectivity index (χ0) is 43.7. The average molecular weight is 869 g/mol. The number of nitrogens with zero attached hydrogens (tertiary/aromatic N) is 4. The molecule has 0 radical (unpaired) electrons. The fourth-order valence-electron chi connectivity index (χ4n) is 11.0. The third-order valence-electron chi connectivity index (χ3n) is 14.1. The fourth-order valence-corrected chi connectivity index (χ4v) is 12.3. The minimum absolute atomic E-state index is 0.712. The largest absolute Gasteiger partial charge is 0.309 e. The first-order valence-electron chi connectivity index (χ1n) is 22.8. The van der Waals surface area contributed by atoms with Crippen LogP contribution in [0.1, 0.15) is 0 Å². The third kappa shape index (κ3) is 5.34. The highest BCUT2D eigenvalue weighted by atomic mass is 32.1. The van der Waals surface area contributed by atoms with E-state index in [0.29, 0.717) is 5.82 Å². The second kappa shape index (κ2) is 13.9. The SMILES string of the molecule is c1ccc2cc3c(cc2c1)c1ccccc1n3-c1ccc2c3cc4ccccc4cc3n(-c3cccc4c(-c5nc(-c6cccc7c6sc6ccccc67)c6ccccc6n5)cccc34)c2c1. The first-order valence-corrected chi connectivity index (χ1v) is 23.6. The van der Waals surface area contributed by atoms with Crippen molar-refractivity contribution in [1.29, 1.82) is 0 Å². The molecule has 4 aromatic heterocycles. The van der Waals surface area contributed by atoms with E-state index in [-0.39, 0.29) is 0 Å². The zero-order valence-electron chi connectivity index (χ0n) is 36.0. The van der Waals surface area contributed by atoms with Gasteiger partial charge < -0.3 is 9.13 Å². The number of thiophene rings is 1. The van der Waals surface area contributed by atoms with Crippen LogP contribution in [0.2, 0.25) is 0 Å². The van der Waals surface area contributed by atoms with Crippen LogP contribution in [0, 0.1) is 0 Å². The quantitative estimate of drug-likeness (QED) is 0.177. The number of rotatable bonds is 4. The van der Waals surface area contributed by atoms with Crippen LogP contribution in [0.5, 0.6) is 0 Å². The van der Waals surface area contributed by atoms with Gasteiger partial charge in [-0.2, -0.15) is 0 Å². The average Bonchev–Trinajstić information content (AvgIpc) is 4.03. The molecule has 15 aromatic rings. The molecule has 0 saturated heterocycles. The second-order valence-corrected chi connectivity index (χ2v) is 18.7. The van der Waals surface area contributed by atoms with E-state index in [9.17, 15) is 0 Å². The molecule has 0 bridgehead atoms. The molecule has 0 N–H and O–H groups in total. The van der Waals surface area contributed by atoms with E-state index in [4.69, 9.17) is 9.97 Å². The molecule has 0 spiro atoms. The van der Waals surface area contributed by atoms with Gasteiger partial charge in [0.25, 0.3) is 0 Å². The van der Waals surface area contributed by atoms with Gasteiger partial charge in [0.05, 0.1) is 39.0 Å². The minimum atomic E-state index is 0.712. The maximum Gasteiger partial charge on any atom is 0.161 e. The molecule has 0 aliphatic heterocycles. The van der Waals surface area contributed by atoms with E-state index in [1.165, 1.54) is 74.3 Å². The summed E-state index contributed by atoms with van der Waals surface area (Å²) in [6.07, 6.45) is 0. The highest BCUT2D eigenvalue weighted by molar-refractivity contribution is 7.26. The van der Waals surface area contributed by atoms with Crippen LogP contribution in [-0.4, -0.2) is 19.1 Å². The summed E-state index contributed by atoms with van der Waals surface area (Å²) in [5.74, 6) is 0.712. The zero-order valence-corrected chi connectivity index (χ0v) is 36.8. The molecule has 67 heavy (non-hydrogen) atoms. The lowest BCUT2D eigenvalue weighted by Gasteiger charge is -2.16. The molecular formula is C62H36N4S. The van der Waals surface area contributed by atoms with Crippen molar-refractivity contribution in [1.82, 2.24) is 19.1 Å². The van der Waals surface area contributed by atoms with Crippen molar-refractivity contribution >= 4 is 118 Å². The molecule has 0 aliphatic rings. The normalized spacial score (nSPS) is 12.2. The fraction of sp³-hybridized carbons (Fsp3) is 0. The van der Waals surface area contributed by atoms with E-state index in [0.717, 1.165) is 60.9 Å². The van der Waals surface area contributed by atoms with Crippen LogP contribution in [-0.2, 0) is 0 Å². The number of hydrogen-bond donors (Lipinski definition) is 0. The summed E-state index contributed by atoms with van der Waals surface area (Å²) in [5.41, 5.74) is 10.9. The first-order chi connectivity index (χ1) is 33.2. The summed E-state index contributed by atoms with van der Waals surface area (Å²) in [6.45, 7) is 0. The molecule has 5 heteroatoms. The van der Waals surface area contributed by atoms with E-state index in [2.05, 4.69) is 228 Å². The van der Waals surface area contributed by atoms with Crippen molar-refractivity contribution in [2.24, 2.45) is 0 Å². The smallest absolute Gasteiger partial charge is 0.161 e. The predicted octanol–water partition coefficient (Wildman–Crippen LogP) is 17.0. The molecular weight excluding hydrogens is 833 g/mol. The Morgan fingerprint density at radius 3 is 1.69 bits per heavy atom. The lowest BCUT2D eigenvalue weighted by molar-refractivity contribution is 1.16. The number of fused-ring (bicyclic) bond motifs is 13. The summed E-state index contributed by atoms with van der Waals surface area (Å²) >= 11 is 1.84. The predicted molar refractivity (Wildman–Crippen MR) is 284 cm³/mol. The number of aromatic nitrogens is 4. The van der Waals surface area contributed by atoms with E-state index in [1.54, 1.807) is 0 Å². The Hall–Kier alpha value is -8.64. The number of hydrogen-bond acceptors (Lipinski definition) is 3. The molecule has 4 heterocycles. The van der Waals surface area contributed by atoms with Crippen molar-refractivity contribution < 1.29 is 0 Å². The second-order valence-electron chi connectivity index (χ2n) is 17.7. The number of benzene rings is 11. The lowest BCUT2D eigenvalue weighted by Crippen LogP contribution is -1.99. The van der Waals surface area contributed by atoms with Crippen LogP contribution in [0.3, 0.4) is 0 Å². The molecule has 0 fully saturated rings. The van der Waals surface area contributed by atoms with Crippen molar-refractivity contribution in [3.05, 3.63) is 218 Å². The maximum absolute atomic E-state index is 5.53. The Balaban J connectivity index is 0.988. The maximum atomic E-state index is 5.53. The highest BCUT2D eigenvalue weighted by Gasteiger charge is 2.21. The Labute approximate surface area is 387 Å². The van der Waals surface area contributed by atoms with Crippen LogP contribution in [0.15, 0.2) is 218 Å². The van der Waals surface area contributed by atoms with Gasteiger partial charge in [0, 0.05) is 69.3 Å². The summed E-state index contributed by atoms with van der Waals surface area (Å²) in [4.78, 5) is 10.9. The van der Waals surface area contributed by atoms with Crippen molar-refractivity contribution in [3.8, 4) is 34.0 Å². The Morgan fingerprint density at radius 2 is 0.896 bits per heavy atom. The van der Waals surface area contributed by atoms with Gasteiger partial charge in [0.1, 0.15) is 0 Å². The van der Waals surface area contributed by atoms with Gasteiger partial charge >= 0.3 is 0 Å². The molecule has 0 atom stereocenters. The highest BCUT2D eigenvalue weighted by Crippen LogP contribution is 2.44. The molecule has 0 unspecified atom stereocenters. The Bertz CT molecular complexity index is 4590. The molecule has 15 rings (SSSR count). The van der Waals surface area contributed by atoms with Gasteiger partial charge in [-0.05, 0) is 87.6 Å². The number of para-hydroxylation sites is 2. The molecule has 4 nitrogen and oxygen atoms in total. The van der Waals surface area contributed by atoms with Gasteiger partial charge in [-0.3, -0.25) is 0 Å². The van der Waals surface area contributed by atoms with Crippen molar-refractivity contribution in [3.63, 3.8) is 0 Å². The molecule has 0 aliphatic carbocycles. The van der Waals surface area contributed by atoms with Crippen LogP contribution in [0.25, 0.3) is 141 Å². The van der Waals surface area contributed by atoms with Crippen LogP contribution < -0.4 is 0 Å². The first kappa shape index (κ1) is 36.7. The van der Waals surface area contributed by atoms with E-state index < -0.39 is 0 Å². The van der Waals surface area contributed by atoms with Crippen molar-refractivity contribution in [2.45, 2.75) is 0 Å². The monoisotopic (exact) mass is 868 g/mol. The third-order valence-corrected chi connectivity index (χ3v) is 15.3. The molecule has 0 amide bonds. The van der Waals surface area contributed by atoms with E-state index in [1.807, 2.05) is 11.3 Å². The Morgan fingerprint density at radius 1 is 0.328 bits per heavy atom. The molecule has 310 valence electrons.